The van der Waals surface area contributed by atoms with Gasteiger partial charge in [0, 0.05) is 22.6 Å². The molecule has 0 radical (unpaired) electrons. The van der Waals surface area contributed by atoms with Crippen LogP contribution in [0.5, 0.6) is 5.75 Å². The van der Waals surface area contributed by atoms with Gasteiger partial charge in [0.15, 0.2) is 11.6 Å². The van der Waals surface area contributed by atoms with Crippen molar-refractivity contribution >= 4 is 29.1 Å². The van der Waals surface area contributed by atoms with Gasteiger partial charge in [-0.3, -0.25) is 19.2 Å². The summed E-state index contributed by atoms with van der Waals surface area (Å²) in [6.45, 7) is 1.50. The molecule has 1 saturated heterocycles. The van der Waals surface area contributed by atoms with Crippen molar-refractivity contribution in [3.05, 3.63) is 93.6 Å². The number of hydrogen-bond donors (Lipinski definition) is 1. The maximum absolute atomic E-state index is 13.9. The lowest BCUT2D eigenvalue weighted by Crippen LogP contribution is -2.39. The minimum atomic E-state index is -5.19. The second kappa shape index (κ2) is 9.51. The SMILES string of the molecule is CC1=CC(=O)C2=C(C1=O)C(c1ccc(O)cc1)C1=CCC3C(=O)N(c4cc(C(F)(F)F)cc(C(F)(F)F)c4)C(=O)C3C1C2. The summed E-state index contributed by atoms with van der Waals surface area (Å²) in [4.78, 5) is 54.3. The second-order valence-electron chi connectivity index (χ2n) is 11.1. The smallest absolute Gasteiger partial charge is 0.416 e. The van der Waals surface area contributed by atoms with Crippen LogP contribution in [0.15, 0.2) is 76.9 Å². The number of ketones is 2. The lowest BCUT2D eigenvalue weighted by atomic mass is 9.59. The fraction of sp³-hybridized carbons (Fsp3) is 0.290. The highest BCUT2D eigenvalue weighted by Gasteiger charge is 2.57. The van der Waals surface area contributed by atoms with Gasteiger partial charge in [0.2, 0.25) is 11.8 Å². The van der Waals surface area contributed by atoms with Crippen LogP contribution in [0.3, 0.4) is 0 Å². The predicted molar refractivity (Wildman–Crippen MR) is 138 cm³/mol. The first kappa shape index (κ1) is 28.6. The third-order valence-electron chi connectivity index (χ3n) is 8.62. The van der Waals surface area contributed by atoms with E-state index in [9.17, 15) is 50.6 Å². The Balaban J connectivity index is 1.47. The quantitative estimate of drug-likeness (QED) is 0.196. The van der Waals surface area contributed by atoms with Crippen LogP contribution in [0.25, 0.3) is 0 Å². The van der Waals surface area contributed by atoms with Crippen LogP contribution >= 0.6 is 0 Å². The van der Waals surface area contributed by atoms with E-state index in [0.29, 0.717) is 28.2 Å². The summed E-state index contributed by atoms with van der Waals surface area (Å²) >= 11 is 0. The molecule has 1 heterocycles. The average Bonchev–Trinajstić information content (AvgIpc) is 3.19. The monoisotopic (exact) mass is 601 g/mol. The Hall–Kier alpha value is -4.48. The molecule has 12 heteroatoms. The van der Waals surface area contributed by atoms with E-state index in [1.54, 1.807) is 18.2 Å². The first-order valence-corrected chi connectivity index (χ1v) is 13.2. The fourth-order valence-corrected chi connectivity index (χ4v) is 6.73. The van der Waals surface area contributed by atoms with Gasteiger partial charge in [0.25, 0.3) is 0 Å². The summed E-state index contributed by atoms with van der Waals surface area (Å²) in [5.41, 5.74) is -2.56. The minimum Gasteiger partial charge on any atom is -0.508 e. The zero-order valence-corrected chi connectivity index (χ0v) is 22.2. The standard InChI is InChI=1S/C31H21F6NO5/c1-13-8-23(40)22-12-21-19(24(26(22)27(13)41)14-2-4-18(39)5-3-14)6-7-20-25(21)29(43)38(28(20)42)17-10-15(30(32,33)34)9-16(11-17)31(35,36)37/h2-6,8-11,20-21,24-25,39H,7,12H2,1H3. The average molecular weight is 601 g/mol. The number of anilines is 1. The molecule has 0 saturated carbocycles. The molecular formula is C31H21F6NO5. The molecule has 6 nitrogen and oxygen atoms in total. The van der Waals surface area contributed by atoms with Gasteiger partial charge in [-0.15, -0.1) is 0 Å². The Morgan fingerprint density at radius 1 is 0.837 bits per heavy atom. The van der Waals surface area contributed by atoms with Crippen molar-refractivity contribution in [2.24, 2.45) is 17.8 Å². The van der Waals surface area contributed by atoms with Crippen molar-refractivity contribution in [1.29, 1.82) is 0 Å². The van der Waals surface area contributed by atoms with Gasteiger partial charge in [-0.25, -0.2) is 4.90 Å². The third-order valence-corrected chi connectivity index (χ3v) is 8.62. The number of hydrogen-bond acceptors (Lipinski definition) is 5. The summed E-state index contributed by atoms with van der Waals surface area (Å²) in [7, 11) is 0. The molecule has 43 heavy (non-hydrogen) atoms. The number of Topliss-reactive ketones (excluding diaryl/α,β-unsaturated/α-hetero) is 1. The van der Waals surface area contributed by atoms with E-state index in [0.717, 1.165) is 0 Å². The molecule has 0 spiro atoms. The van der Waals surface area contributed by atoms with E-state index in [4.69, 9.17) is 0 Å². The lowest BCUT2D eigenvalue weighted by Gasteiger charge is -2.42. The fourth-order valence-electron chi connectivity index (χ4n) is 6.73. The first-order valence-electron chi connectivity index (χ1n) is 13.2. The van der Waals surface area contributed by atoms with E-state index in [1.807, 2.05) is 0 Å². The van der Waals surface area contributed by atoms with Crippen LogP contribution in [-0.2, 0) is 31.5 Å². The largest absolute Gasteiger partial charge is 0.508 e. The molecule has 6 rings (SSSR count). The molecule has 0 bridgehead atoms. The molecule has 222 valence electrons. The zero-order valence-electron chi connectivity index (χ0n) is 22.2. The topological polar surface area (TPSA) is 91.8 Å². The van der Waals surface area contributed by atoms with Crippen molar-refractivity contribution in [1.82, 2.24) is 0 Å². The van der Waals surface area contributed by atoms with E-state index in [2.05, 4.69) is 0 Å². The molecule has 2 aromatic carbocycles. The van der Waals surface area contributed by atoms with E-state index >= 15 is 0 Å². The Labute approximate surface area is 240 Å². The molecule has 0 aromatic heterocycles. The Morgan fingerprint density at radius 3 is 2.02 bits per heavy atom. The van der Waals surface area contributed by atoms with Crippen LogP contribution in [0, 0.1) is 17.8 Å². The summed E-state index contributed by atoms with van der Waals surface area (Å²) in [5, 5.41) is 9.83. The van der Waals surface area contributed by atoms with Crippen molar-refractivity contribution in [3.8, 4) is 5.75 Å². The highest BCUT2D eigenvalue weighted by molar-refractivity contribution is 6.25. The first-order chi connectivity index (χ1) is 20.1. The summed E-state index contributed by atoms with van der Waals surface area (Å²) < 4.78 is 81.4. The van der Waals surface area contributed by atoms with Gasteiger partial charge < -0.3 is 5.11 Å². The number of carbonyl (C=O) groups is 4. The summed E-state index contributed by atoms with van der Waals surface area (Å²) in [6, 6.07) is 6.49. The zero-order chi connectivity index (χ0) is 31.2. The van der Waals surface area contributed by atoms with Gasteiger partial charge in [-0.05, 0) is 67.7 Å². The number of carbonyl (C=O) groups excluding carboxylic acids is 4. The number of allylic oxidation sites excluding steroid dienone is 6. The van der Waals surface area contributed by atoms with Crippen molar-refractivity contribution in [3.63, 3.8) is 0 Å². The van der Waals surface area contributed by atoms with Crippen molar-refractivity contribution in [2.45, 2.75) is 38.0 Å². The maximum Gasteiger partial charge on any atom is 0.416 e. The number of phenols is 1. The number of halogens is 6. The second-order valence-corrected chi connectivity index (χ2v) is 11.1. The van der Waals surface area contributed by atoms with E-state index in [-0.39, 0.29) is 47.2 Å². The van der Waals surface area contributed by atoms with Gasteiger partial charge >= 0.3 is 12.4 Å². The van der Waals surface area contributed by atoms with Gasteiger partial charge in [0.1, 0.15) is 5.75 Å². The number of rotatable bonds is 2. The third kappa shape index (κ3) is 4.50. The van der Waals surface area contributed by atoms with E-state index in [1.165, 1.54) is 25.1 Å². The number of nitrogens with zero attached hydrogens (tertiary/aromatic N) is 1. The molecule has 1 fully saturated rings. The number of benzene rings is 2. The maximum atomic E-state index is 13.9. The van der Waals surface area contributed by atoms with Crippen molar-refractivity contribution in [2.75, 3.05) is 4.90 Å². The molecule has 4 aliphatic rings. The number of fused-ring (bicyclic) bond motifs is 3. The normalized spacial score (nSPS) is 25.8. The minimum absolute atomic E-state index is 0.0587. The highest BCUT2D eigenvalue weighted by atomic mass is 19.4. The van der Waals surface area contributed by atoms with Crippen molar-refractivity contribution < 1.29 is 50.6 Å². The number of aromatic hydroxyl groups is 1. The van der Waals surface area contributed by atoms with E-state index < -0.39 is 70.4 Å². The predicted octanol–water partition coefficient (Wildman–Crippen LogP) is 6.06. The van der Waals surface area contributed by atoms with Gasteiger partial charge in [0.05, 0.1) is 28.7 Å². The van der Waals surface area contributed by atoms with Crippen LogP contribution in [-0.4, -0.2) is 28.5 Å². The van der Waals surface area contributed by atoms with Crippen LogP contribution in [0.2, 0.25) is 0 Å². The molecule has 4 unspecified atom stereocenters. The molecule has 2 aromatic rings. The molecule has 2 amide bonds. The van der Waals surface area contributed by atoms with Crippen LogP contribution in [0.1, 0.15) is 42.4 Å². The highest BCUT2D eigenvalue weighted by Crippen LogP contribution is 2.55. The Kier molecular flexibility index (Phi) is 6.34. The number of phenolic OH excluding ortho intramolecular Hbond substituents is 1. The number of imide groups is 1. The summed E-state index contributed by atoms with van der Waals surface area (Å²) in [5.74, 6) is -6.78. The molecule has 1 aliphatic heterocycles. The molecular weight excluding hydrogens is 580 g/mol. The molecule has 3 aliphatic carbocycles. The van der Waals surface area contributed by atoms with Gasteiger partial charge in [-0.2, -0.15) is 26.3 Å². The Morgan fingerprint density at radius 2 is 1.44 bits per heavy atom. The lowest BCUT2D eigenvalue weighted by molar-refractivity contribution is -0.143. The Bertz CT molecular complexity index is 1680. The van der Waals surface area contributed by atoms with Crippen LogP contribution in [0.4, 0.5) is 32.0 Å². The molecule has 4 atom stereocenters. The molecule has 1 N–H and O–H groups in total. The summed E-state index contributed by atoms with van der Waals surface area (Å²) in [6.07, 6.45) is -7.70. The van der Waals surface area contributed by atoms with Gasteiger partial charge in [-0.1, -0.05) is 23.8 Å². The number of amides is 2. The number of alkyl halides is 6. The van der Waals surface area contributed by atoms with Crippen LogP contribution < -0.4 is 4.90 Å².